The van der Waals surface area contributed by atoms with E-state index in [1.54, 1.807) is 7.11 Å². The lowest BCUT2D eigenvalue weighted by Crippen LogP contribution is -2.52. The molecule has 1 aliphatic heterocycles. The molecule has 0 radical (unpaired) electrons. The van der Waals surface area contributed by atoms with Crippen LogP contribution in [0.15, 0.2) is 59.6 Å². The number of aliphatic imine (C=N–C) groups is 1. The summed E-state index contributed by atoms with van der Waals surface area (Å²) in [6.07, 6.45) is 2.22. The molecule has 2 aromatic carbocycles. The Morgan fingerprint density at radius 2 is 1.85 bits per heavy atom. The summed E-state index contributed by atoms with van der Waals surface area (Å²) in [6.45, 7) is 5.18. The van der Waals surface area contributed by atoms with Crippen LogP contribution >= 0.6 is 24.0 Å². The van der Waals surface area contributed by atoms with Crippen LogP contribution in [0.3, 0.4) is 0 Å². The molecule has 1 aliphatic rings. The van der Waals surface area contributed by atoms with E-state index in [0.29, 0.717) is 12.1 Å². The highest BCUT2D eigenvalue weighted by molar-refractivity contribution is 14.0. The van der Waals surface area contributed by atoms with Crippen molar-refractivity contribution in [3.63, 3.8) is 0 Å². The smallest absolute Gasteiger partial charge is 0.191 e. The van der Waals surface area contributed by atoms with Gasteiger partial charge in [-0.25, -0.2) is 0 Å². The topological polar surface area (TPSA) is 52.1 Å². The van der Waals surface area contributed by atoms with Crippen LogP contribution in [0.25, 0.3) is 0 Å². The van der Waals surface area contributed by atoms with Crippen molar-refractivity contribution >= 4 is 29.9 Å². The number of nitrogens with zero attached hydrogens (tertiary/aromatic N) is 3. The minimum absolute atomic E-state index is 0. The van der Waals surface area contributed by atoms with Crippen molar-refractivity contribution in [2.45, 2.75) is 44.4 Å². The molecular weight excluding hydrogens is 525 g/mol. The van der Waals surface area contributed by atoms with Gasteiger partial charge in [0, 0.05) is 44.3 Å². The van der Waals surface area contributed by atoms with Crippen molar-refractivity contribution in [1.29, 1.82) is 0 Å². The number of methoxy groups -OCH3 is 1. The number of guanidine groups is 1. The monoisotopic (exact) mass is 565 g/mol. The van der Waals surface area contributed by atoms with Crippen LogP contribution in [0.5, 0.6) is 5.75 Å². The Balaban J connectivity index is 0.00000385. The fourth-order valence-electron chi connectivity index (χ4n) is 4.50. The van der Waals surface area contributed by atoms with Crippen LogP contribution in [-0.4, -0.2) is 69.2 Å². The lowest BCUT2D eigenvalue weighted by Gasteiger charge is -2.38. The minimum Gasteiger partial charge on any atom is -0.496 e. The van der Waals surface area contributed by atoms with Gasteiger partial charge in [0.1, 0.15) is 5.75 Å². The Bertz CT molecular complexity index is 861. The predicted octanol–water partition coefficient (Wildman–Crippen LogP) is 4.13. The summed E-state index contributed by atoms with van der Waals surface area (Å²) >= 11 is 0. The number of para-hydroxylation sites is 1. The highest BCUT2D eigenvalue weighted by Crippen LogP contribution is 2.27. The van der Waals surface area contributed by atoms with Gasteiger partial charge in [-0.15, -0.1) is 24.0 Å². The molecule has 33 heavy (non-hydrogen) atoms. The van der Waals surface area contributed by atoms with Gasteiger partial charge in [-0.1, -0.05) is 48.5 Å². The van der Waals surface area contributed by atoms with Gasteiger partial charge in [0.15, 0.2) is 5.96 Å². The Hall–Kier alpha value is -1.84. The van der Waals surface area contributed by atoms with Crippen molar-refractivity contribution in [3.05, 3.63) is 65.7 Å². The zero-order valence-electron chi connectivity index (χ0n) is 20.6. The average Bonchev–Trinajstić information content (AvgIpc) is 2.81. The van der Waals surface area contributed by atoms with Crippen molar-refractivity contribution in [3.8, 4) is 5.75 Å². The van der Waals surface area contributed by atoms with Gasteiger partial charge in [-0.3, -0.25) is 9.89 Å². The van der Waals surface area contributed by atoms with E-state index in [1.165, 1.54) is 11.1 Å². The van der Waals surface area contributed by atoms with Gasteiger partial charge in [0.2, 0.25) is 0 Å². The third-order valence-electron chi connectivity index (χ3n) is 6.39. The molecule has 3 atom stereocenters. The normalized spacial score (nSPS) is 20.1. The van der Waals surface area contributed by atoms with Gasteiger partial charge >= 0.3 is 0 Å². The molecule has 3 rings (SSSR count). The molecule has 3 unspecified atom stereocenters. The molecule has 6 nitrogen and oxygen atoms in total. The van der Waals surface area contributed by atoms with Crippen molar-refractivity contribution in [2.24, 2.45) is 4.99 Å². The first kappa shape index (κ1) is 27.4. The zero-order chi connectivity index (χ0) is 22.9. The average molecular weight is 566 g/mol. The van der Waals surface area contributed by atoms with Crippen LogP contribution in [-0.2, 0) is 6.54 Å². The van der Waals surface area contributed by atoms with E-state index in [1.807, 2.05) is 19.2 Å². The summed E-state index contributed by atoms with van der Waals surface area (Å²) in [5.74, 6) is 1.77. The van der Waals surface area contributed by atoms with Gasteiger partial charge in [-0.05, 0) is 45.5 Å². The van der Waals surface area contributed by atoms with E-state index < -0.39 is 0 Å². The molecule has 0 spiro atoms. The number of piperidine rings is 1. The van der Waals surface area contributed by atoms with Crippen molar-refractivity contribution in [2.75, 3.05) is 41.3 Å². The number of hydrogen-bond acceptors (Lipinski definition) is 4. The third kappa shape index (κ3) is 7.86. The van der Waals surface area contributed by atoms with E-state index in [-0.39, 0.29) is 30.0 Å². The zero-order valence-corrected chi connectivity index (χ0v) is 23.0. The molecule has 0 bridgehead atoms. The number of likely N-dealkylation sites (tertiary alicyclic amines) is 1. The number of halogens is 1. The Morgan fingerprint density at radius 1 is 1.15 bits per heavy atom. The first-order valence-electron chi connectivity index (χ1n) is 11.6. The summed E-state index contributed by atoms with van der Waals surface area (Å²) in [5, 5.41) is 7.20. The SMILES string of the molecule is CN=C(NCC(c1ccccc1OC)N(C)C)NC1CCN(Cc2ccccc2)C(C)C1.I. The molecule has 2 aromatic rings. The Morgan fingerprint density at radius 3 is 2.48 bits per heavy atom. The molecule has 1 fully saturated rings. The Labute approximate surface area is 216 Å². The molecule has 1 heterocycles. The highest BCUT2D eigenvalue weighted by Gasteiger charge is 2.26. The van der Waals surface area contributed by atoms with E-state index >= 15 is 0 Å². The number of nitrogens with one attached hydrogen (secondary N) is 2. The number of rotatable bonds is 8. The molecule has 7 heteroatoms. The second-order valence-electron chi connectivity index (χ2n) is 8.85. The van der Waals surface area contributed by atoms with E-state index in [9.17, 15) is 0 Å². The van der Waals surface area contributed by atoms with Crippen molar-refractivity contribution in [1.82, 2.24) is 20.4 Å². The van der Waals surface area contributed by atoms with E-state index in [2.05, 4.69) is 88.9 Å². The lowest BCUT2D eigenvalue weighted by molar-refractivity contribution is 0.134. The van der Waals surface area contributed by atoms with Crippen LogP contribution in [0.4, 0.5) is 0 Å². The standard InChI is InChI=1S/C26H39N5O.HI/c1-20-17-22(15-16-31(20)19-21-11-7-6-8-12-21)29-26(27-2)28-18-24(30(3)4)23-13-9-10-14-25(23)32-5;/h6-14,20,22,24H,15-19H2,1-5H3,(H2,27,28,29);1H. The van der Waals surface area contributed by atoms with Crippen molar-refractivity contribution < 1.29 is 4.74 Å². The first-order valence-corrected chi connectivity index (χ1v) is 11.6. The fraction of sp³-hybridized carbons (Fsp3) is 0.500. The molecule has 0 saturated carbocycles. The summed E-state index contributed by atoms with van der Waals surface area (Å²) in [7, 11) is 7.76. The molecule has 1 saturated heterocycles. The summed E-state index contributed by atoms with van der Waals surface area (Å²) < 4.78 is 5.59. The second-order valence-corrected chi connectivity index (χ2v) is 8.85. The quantitative estimate of drug-likeness (QED) is 0.287. The highest BCUT2D eigenvalue weighted by atomic mass is 127. The summed E-state index contributed by atoms with van der Waals surface area (Å²) in [4.78, 5) is 9.28. The van der Waals surface area contributed by atoms with E-state index in [0.717, 1.165) is 44.2 Å². The first-order chi connectivity index (χ1) is 15.5. The summed E-state index contributed by atoms with van der Waals surface area (Å²) in [5.41, 5.74) is 2.56. The van der Waals surface area contributed by atoms with Crippen LogP contribution in [0.1, 0.15) is 36.9 Å². The third-order valence-corrected chi connectivity index (χ3v) is 6.39. The molecule has 0 aromatic heterocycles. The Kier molecular flexibility index (Phi) is 11.4. The molecule has 0 aliphatic carbocycles. The molecule has 2 N–H and O–H groups in total. The number of hydrogen-bond donors (Lipinski definition) is 2. The maximum Gasteiger partial charge on any atom is 0.191 e. The molecule has 182 valence electrons. The maximum absolute atomic E-state index is 5.59. The summed E-state index contributed by atoms with van der Waals surface area (Å²) in [6, 6.07) is 20.1. The predicted molar refractivity (Wildman–Crippen MR) is 149 cm³/mol. The fourth-order valence-corrected chi connectivity index (χ4v) is 4.50. The minimum atomic E-state index is 0. The van der Waals surface area contributed by atoms with Gasteiger partial charge in [-0.2, -0.15) is 0 Å². The van der Waals surface area contributed by atoms with Crippen LogP contribution < -0.4 is 15.4 Å². The lowest BCUT2D eigenvalue weighted by atomic mass is 9.97. The maximum atomic E-state index is 5.59. The van der Waals surface area contributed by atoms with E-state index in [4.69, 9.17) is 4.74 Å². The molecular formula is C26H40IN5O. The number of ether oxygens (including phenoxy) is 1. The second kappa shape index (κ2) is 13.8. The van der Waals surface area contributed by atoms with Crippen LogP contribution in [0.2, 0.25) is 0 Å². The van der Waals surface area contributed by atoms with Gasteiger partial charge in [0.25, 0.3) is 0 Å². The largest absolute Gasteiger partial charge is 0.496 e. The van der Waals surface area contributed by atoms with Gasteiger partial charge < -0.3 is 20.3 Å². The molecule has 0 amide bonds. The number of likely N-dealkylation sites (N-methyl/N-ethyl adjacent to an activating group) is 1. The van der Waals surface area contributed by atoms with Crippen LogP contribution in [0, 0.1) is 0 Å². The van der Waals surface area contributed by atoms with Gasteiger partial charge in [0.05, 0.1) is 13.2 Å². The number of benzene rings is 2.